The molecule has 0 unspecified atom stereocenters. The fraction of sp³-hybridized carbons (Fsp3) is 0.360. The van der Waals surface area contributed by atoms with Crippen molar-refractivity contribution in [2.45, 2.75) is 39.2 Å². The molecular weight excluding hydrogens is 412 g/mol. The first-order chi connectivity index (χ1) is 14.9. The lowest BCUT2D eigenvalue weighted by Gasteiger charge is -2.35. The normalized spacial score (nSPS) is 15.7. The largest absolute Gasteiger partial charge is 0.451 e. The third-order valence-electron chi connectivity index (χ3n) is 6.12. The molecule has 3 aromatic rings. The van der Waals surface area contributed by atoms with Gasteiger partial charge in [0.15, 0.2) is 11.2 Å². The van der Waals surface area contributed by atoms with Gasteiger partial charge in [-0.25, -0.2) is 0 Å². The summed E-state index contributed by atoms with van der Waals surface area (Å²) in [6, 6.07) is 12.6. The first kappa shape index (κ1) is 21.6. The Morgan fingerprint density at radius 3 is 2.55 bits per heavy atom. The third kappa shape index (κ3) is 4.68. The van der Waals surface area contributed by atoms with Crippen molar-refractivity contribution in [3.63, 3.8) is 0 Å². The Kier molecular flexibility index (Phi) is 6.44. The van der Waals surface area contributed by atoms with E-state index in [2.05, 4.69) is 10.2 Å². The van der Waals surface area contributed by atoms with Crippen LogP contribution in [0.1, 0.15) is 52.5 Å². The van der Waals surface area contributed by atoms with Crippen molar-refractivity contribution in [1.29, 1.82) is 0 Å². The second-order valence-corrected chi connectivity index (χ2v) is 8.66. The molecule has 2 heterocycles. The Morgan fingerprint density at radius 1 is 1.10 bits per heavy atom. The van der Waals surface area contributed by atoms with Crippen molar-refractivity contribution in [1.82, 2.24) is 10.2 Å². The van der Waals surface area contributed by atoms with Gasteiger partial charge in [-0.1, -0.05) is 36.2 Å². The average molecular weight is 439 g/mol. The lowest BCUT2D eigenvalue weighted by molar-refractivity contribution is 0.0897. The molecule has 1 saturated heterocycles. The highest BCUT2D eigenvalue weighted by Crippen LogP contribution is 2.29. The molecule has 0 saturated carbocycles. The molecular formula is C25H27ClN2O3. The maximum absolute atomic E-state index is 12.9. The number of amides is 1. The third-order valence-corrected chi connectivity index (χ3v) is 6.46. The van der Waals surface area contributed by atoms with Gasteiger partial charge in [0.1, 0.15) is 5.58 Å². The van der Waals surface area contributed by atoms with E-state index in [0.29, 0.717) is 22.5 Å². The summed E-state index contributed by atoms with van der Waals surface area (Å²) < 4.78 is 5.80. The molecule has 4 rings (SSSR count). The van der Waals surface area contributed by atoms with Crippen LogP contribution in [0.4, 0.5) is 0 Å². The van der Waals surface area contributed by atoms with E-state index in [1.807, 2.05) is 50.2 Å². The van der Waals surface area contributed by atoms with Crippen molar-refractivity contribution in [3.8, 4) is 0 Å². The standard InChI is InChI=1S/C25H27ClN2O3/c1-16-12-19-22(29)14-24(31-23(19)13-17(16)2)25(30)27-15-21(28-10-6-3-7-11-28)18-8-4-5-9-20(18)26/h4-5,8-9,12-14,21H,3,6-7,10-11,15H2,1-2H3,(H,27,30)/t21-/m0/s1. The zero-order valence-electron chi connectivity index (χ0n) is 17.9. The molecule has 1 aliphatic rings. The highest BCUT2D eigenvalue weighted by Gasteiger charge is 2.25. The predicted molar refractivity (Wildman–Crippen MR) is 124 cm³/mol. The van der Waals surface area contributed by atoms with Crippen LogP contribution in [0.25, 0.3) is 11.0 Å². The summed E-state index contributed by atoms with van der Waals surface area (Å²) >= 11 is 6.48. The highest BCUT2D eigenvalue weighted by atomic mass is 35.5. The number of nitrogens with one attached hydrogen (secondary N) is 1. The number of piperidine rings is 1. The zero-order chi connectivity index (χ0) is 22.0. The lowest BCUT2D eigenvalue weighted by atomic mass is 10.0. The van der Waals surface area contributed by atoms with Crippen LogP contribution >= 0.6 is 11.6 Å². The molecule has 1 atom stereocenters. The second kappa shape index (κ2) is 9.25. The second-order valence-electron chi connectivity index (χ2n) is 8.25. The van der Waals surface area contributed by atoms with E-state index in [-0.39, 0.29) is 17.2 Å². The molecule has 0 spiro atoms. The molecule has 0 radical (unpaired) electrons. The van der Waals surface area contributed by atoms with E-state index < -0.39 is 5.91 Å². The fourth-order valence-corrected chi connectivity index (χ4v) is 4.47. The van der Waals surface area contributed by atoms with Gasteiger partial charge in [0.25, 0.3) is 5.91 Å². The lowest BCUT2D eigenvalue weighted by Crippen LogP contribution is -2.40. The number of benzene rings is 2. The fourth-order valence-electron chi connectivity index (χ4n) is 4.21. The molecule has 162 valence electrons. The topological polar surface area (TPSA) is 62.6 Å². The summed E-state index contributed by atoms with van der Waals surface area (Å²) in [6.07, 6.45) is 3.49. The maximum Gasteiger partial charge on any atom is 0.287 e. The quantitative estimate of drug-likeness (QED) is 0.607. The minimum Gasteiger partial charge on any atom is -0.451 e. The van der Waals surface area contributed by atoms with Gasteiger partial charge in [-0.15, -0.1) is 0 Å². The SMILES string of the molecule is Cc1cc2oc(C(=O)NC[C@@H](c3ccccc3Cl)N3CCCCC3)cc(=O)c2cc1C. The van der Waals surface area contributed by atoms with Gasteiger partial charge >= 0.3 is 0 Å². The number of carbonyl (C=O) groups excluding carboxylic acids is 1. The van der Waals surface area contributed by atoms with Crippen LogP contribution in [-0.4, -0.2) is 30.4 Å². The van der Waals surface area contributed by atoms with E-state index in [1.54, 1.807) is 0 Å². The van der Waals surface area contributed by atoms with Crippen LogP contribution in [0.5, 0.6) is 0 Å². The summed E-state index contributed by atoms with van der Waals surface area (Å²) in [5, 5.41) is 4.15. The van der Waals surface area contributed by atoms with Crippen LogP contribution in [0.3, 0.4) is 0 Å². The summed E-state index contributed by atoms with van der Waals surface area (Å²) in [5.41, 5.74) is 3.24. The molecule has 1 aromatic heterocycles. The Balaban J connectivity index is 1.58. The molecule has 31 heavy (non-hydrogen) atoms. The molecule has 1 amide bonds. The van der Waals surface area contributed by atoms with Gasteiger partial charge in [0.2, 0.25) is 0 Å². The van der Waals surface area contributed by atoms with E-state index in [0.717, 1.165) is 42.6 Å². The molecule has 6 heteroatoms. The van der Waals surface area contributed by atoms with Crippen molar-refractivity contribution in [2.75, 3.05) is 19.6 Å². The van der Waals surface area contributed by atoms with Gasteiger partial charge in [-0.2, -0.15) is 0 Å². The molecule has 1 fully saturated rings. The number of nitrogens with zero attached hydrogens (tertiary/aromatic N) is 1. The molecule has 1 aliphatic heterocycles. The summed E-state index contributed by atoms with van der Waals surface area (Å²) in [4.78, 5) is 27.8. The zero-order valence-corrected chi connectivity index (χ0v) is 18.7. The number of halogens is 1. The van der Waals surface area contributed by atoms with Crippen LogP contribution < -0.4 is 10.7 Å². The molecule has 0 bridgehead atoms. The summed E-state index contributed by atoms with van der Waals surface area (Å²) in [7, 11) is 0. The van der Waals surface area contributed by atoms with Crippen molar-refractivity contribution >= 4 is 28.5 Å². The van der Waals surface area contributed by atoms with Gasteiger partial charge in [-0.3, -0.25) is 14.5 Å². The smallest absolute Gasteiger partial charge is 0.287 e. The van der Waals surface area contributed by atoms with E-state index >= 15 is 0 Å². The molecule has 1 N–H and O–H groups in total. The van der Waals surface area contributed by atoms with Gasteiger partial charge in [0.05, 0.1) is 11.4 Å². The molecule has 5 nitrogen and oxygen atoms in total. The number of carbonyl (C=O) groups is 1. The van der Waals surface area contributed by atoms with Crippen LogP contribution in [0.2, 0.25) is 5.02 Å². The first-order valence-corrected chi connectivity index (χ1v) is 11.1. The van der Waals surface area contributed by atoms with Crippen LogP contribution in [0, 0.1) is 13.8 Å². The van der Waals surface area contributed by atoms with Crippen LogP contribution in [0.15, 0.2) is 51.7 Å². The van der Waals surface area contributed by atoms with Crippen molar-refractivity contribution < 1.29 is 9.21 Å². The Hall–Kier alpha value is -2.63. The van der Waals surface area contributed by atoms with E-state index in [1.165, 1.54) is 12.5 Å². The minimum atomic E-state index is -0.397. The van der Waals surface area contributed by atoms with Crippen molar-refractivity contribution in [3.05, 3.63) is 80.2 Å². The summed E-state index contributed by atoms with van der Waals surface area (Å²) in [5.74, 6) is -0.372. The van der Waals surface area contributed by atoms with Gasteiger partial charge in [0, 0.05) is 17.6 Å². The number of hydrogen-bond acceptors (Lipinski definition) is 4. The number of aryl methyl sites for hydroxylation is 2. The van der Waals surface area contributed by atoms with Gasteiger partial charge in [-0.05, 0) is 74.7 Å². The average Bonchev–Trinajstić information content (AvgIpc) is 2.77. The number of hydrogen-bond donors (Lipinski definition) is 1. The first-order valence-electron chi connectivity index (χ1n) is 10.8. The monoisotopic (exact) mass is 438 g/mol. The maximum atomic E-state index is 12.9. The van der Waals surface area contributed by atoms with Crippen molar-refractivity contribution in [2.24, 2.45) is 0 Å². The minimum absolute atomic E-state index is 0.0253. The van der Waals surface area contributed by atoms with E-state index in [9.17, 15) is 9.59 Å². The molecule has 2 aromatic carbocycles. The Labute approximate surface area is 187 Å². The van der Waals surface area contributed by atoms with E-state index in [4.69, 9.17) is 16.0 Å². The Bertz CT molecular complexity index is 1170. The number of rotatable bonds is 5. The Morgan fingerprint density at radius 2 is 1.81 bits per heavy atom. The predicted octanol–water partition coefficient (Wildman–Crippen LogP) is 5.02. The van der Waals surface area contributed by atoms with Gasteiger partial charge < -0.3 is 9.73 Å². The molecule has 0 aliphatic carbocycles. The summed E-state index contributed by atoms with van der Waals surface area (Å²) in [6.45, 7) is 6.22. The highest BCUT2D eigenvalue weighted by molar-refractivity contribution is 6.31. The van der Waals surface area contributed by atoms with Crippen LogP contribution in [-0.2, 0) is 0 Å². The number of fused-ring (bicyclic) bond motifs is 1. The number of likely N-dealkylation sites (tertiary alicyclic amines) is 1.